The third-order valence-corrected chi connectivity index (χ3v) is 5.99. The Morgan fingerprint density at radius 2 is 2.05 bits per heavy atom. The standard InChI is InChI=1S/C13H24N2O3S/c1-13(4-2-3-5-13)10-15-12(16)8-11-9-19(17,18)7-6-14-11/h11,14H,2-10H2,1H3,(H,15,16). The third kappa shape index (κ3) is 4.45. The molecule has 1 saturated carbocycles. The van der Waals surface area contributed by atoms with Gasteiger partial charge in [-0.1, -0.05) is 19.8 Å². The van der Waals surface area contributed by atoms with Crippen molar-refractivity contribution in [2.45, 2.75) is 45.1 Å². The van der Waals surface area contributed by atoms with E-state index in [1.165, 1.54) is 25.7 Å². The first-order chi connectivity index (χ1) is 8.89. The van der Waals surface area contributed by atoms with Crippen LogP contribution in [0.4, 0.5) is 0 Å². The Morgan fingerprint density at radius 1 is 1.37 bits per heavy atom. The van der Waals surface area contributed by atoms with Gasteiger partial charge in [0.15, 0.2) is 9.84 Å². The van der Waals surface area contributed by atoms with Gasteiger partial charge in [-0.2, -0.15) is 0 Å². The molecule has 0 bridgehead atoms. The molecule has 2 fully saturated rings. The molecule has 1 amide bonds. The van der Waals surface area contributed by atoms with Crippen molar-refractivity contribution in [3.63, 3.8) is 0 Å². The summed E-state index contributed by atoms with van der Waals surface area (Å²) >= 11 is 0. The maximum atomic E-state index is 11.9. The molecule has 2 aliphatic rings. The van der Waals surface area contributed by atoms with Gasteiger partial charge >= 0.3 is 0 Å². The van der Waals surface area contributed by atoms with Crippen LogP contribution in [0.1, 0.15) is 39.0 Å². The van der Waals surface area contributed by atoms with Gasteiger partial charge in [-0.3, -0.25) is 4.79 Å². The highest BCUT2D eigenvalue weighted by Crippen LogP contribution is 2.36. The van der Waals surface area contributed by atoms with E-state index in [0.717, 1.165) is 0 Å². The van der Waals surface area contributed by atoms with Gasteiger partial charge in [0, 0.05) is 25.6 Å². The van der Waals surface area contributed by atoms with Crippen LogP contribution in [0.5, 0.6) is 0 Å². The average Bonchev–Trinajstić information content (AvgIpc) is 2.73. The molecule has 1 aliphatic carbocycles. The molecule has 6 heteroatoms. The van der Waals surface area contributed by atoms with Gasteiger partial charge in [-0.05, 0) is 18.3 Å². The highest BCUT2D eigenvalue weighted by molar-refractivity contribution is 7.91. The Labute approximate surface area is 115 Å². The van der Waals surface area contributed by atoms with E-state index in [1.54, 1.807) is 0 Å². The summed E-state index contributed by atoms with van der Waals surface area (Å²) in [6, 6.07) is -0.227. The lowest BCUT2D eigenvalue weighted by Gasteiger charge is -2.26. The molecule has 2 N–H and O–H groups in total. The van der Waals surface area contributed by atoms with Crippen LogP contribution in [0.2, 0.25) is 0 Å². The average molecular weight is 288 g/mol. The molecule has 5 nitrogen and oxygen atoms in total. The van der Waals surface area contributed by atoms with Crippen LogP contribution in [0.15, 0.2) is 0 Å². The zero-order valence-corrected chi connectivity index (χ0v) is 12.4. The zero-order valence-electron chi connectivity index (χ0n) is 11.6. The van der Waals surface area contributed by atoms with Gasteiger partial charge in [-0.25, -0.2) is 8.42 Å². The monoisotopic (exact) mass is 288 g/mol. The smallest absolute Gasteiger partial charge is 0.221 e. The fourth-order valence-corrected chi connectivity index (χ4v) is 4.46. The van der Waals surface area contributed by atoms with Crippen LogP contribution in [-0.4, -0.2) is 45.0 Å². The Morgan fingerprint density at radius 3 is 2.68 bits per heavy atom. The number of nitrogens with one attached hydrogen (secondary N) is 2. The van der Waals surface area contributed by atoms with E-state index in [9.17, 15) is 13.2 Å². The predicted molar refractivity (Wildman–Crippen MR) is 74.6 cm³/mol. The normalized spacial score (nSPS) is 29.0. The Hall–Kier alpha value is -0.620. The molecule has 110 valence electrons. The molecule has 1 atom stereocenters. The van der Waals surface area contributed by atoms with Crippen LogP contribution in [0.3, 0.4) is 0 Å². The largest absolute Gasteiger partial charge is 0.356 e. The zero-order chi connectivity index (χ0) is 13.9. The first kappa shape index (κ1) is 14.8. The minimum absolute atomic E-state index is 0.0391. The molecule has 0 radical (unpaired) electrons. The summed E-state index contributed by atoms with van der Waals surface area (Å²) in [5.41, 5.74) is 0.238. The second-order valence-corrected chi connectivity index (χ2v) is 8.49. The maximum absolute atomic E-state index is 11.9. The molecule has 0 aromatic carbocycles. The summed E-state index contributed by atoms with van der Waals surface area (Å²) in [5.74, 6) is 0.226. The van der Waals surface area contributed by atoms with E-state index in [-0.39, 0.29) is 35.3 Å². The Kier molecular flexibility index (Phi) is 4.50. The van der Waals surface area contributed by atoms with Crippen LogP contribution < -0.4 is 10.6 Å². The highest BCUT2D eigenvalue weighted by Gasteiger charge is 2.30. The van der Waals surface area contributed by atoms with Gasteiger partial charge in [0.05, 0.1) is 11.5 Å². The molecule has 1 saturated heterocycles. The van der Waals surface area contributed by atoms with E-state index < -0.39 is 9.84 Å². The summed E-state index contributed by atoms with van der Waals surface area (Å²) in [6.07, 6.45) is 5.09. The lowest BCUT2D eigenvalue weighted by Crippen LogP contribution is -2.47. The van der Waals surface area contributed by atoms with Crippen molar-refractivity contribution in [1.29, 1.82) is 0 Å². The van der Waals surface area contributed by atoms with Crippen LogP contribution >= 0.6 is 0 Å². The molecule has 19 heavy (non-hydrogen) atoms. The number of carbonyl (C=O) groups excluding carboxylic acids is 1. The van der Waals surface area contributed by atoms with Crippen molar-refractivity contribution in [1.82, 2.24) is 10.6 Å². The molecule has 2 rings (SSSR count). The number of carbonyl (C=O) groups is 1. The van der Waals surface area contributed by atoms with Crippen molar-refractivity contribution < 1.29 is 13.2 Å². The quantitative estimate of drug-likeness (QED) is 0.788. The molecule has 1 unspecified atom stereocenters. The van der Waals surface area contributed by atoms with Gasteiger partial charge in [0.2, 0.25) is 5.91 Å². The molecule has 0 spiro atoms. The molecule has 1 heterocycles. The number of sulfone groups is 1. The van der Waals surface area contributed by atoms with Gasteiger partial charge in [0.25, 0.3) is 0 Å². The second-order valence-electron chi connectivity index (χ2n) is 6.26. The van der Waals surface area contributed by atoms with E-state index in [2.05, 4.69) is 17.6 Å². The van der Waals surface area contributed by atoms with E-state index in [1.807, 2.05) is 0 Å². The van der Waals surface area contributed by atoms with E-state index in [4.69, 9.17) is 0 Å². The van der Waals surface area contributed by atoms with Crippen molar-refractivity contribution in [3.05, 3.63) is 0 Å². The van der Waals surface area contributed by atoms with Crippen molar-refractivity contribution in [2.75, 3.05) is 24.6 Å². The van der Waals surface area contributed by atoms with Crippen LogP contribution in [-0.2, 0) is 14.6 Å². The Balaban J connectivity index is 1.75. The maximum Gasteiger partial charge on any atom is 0.221 e. The molecule has 1 aliphatic heterocycles. The predicted octanol–water partition coefficient (Wildman–Crippen LogP) is 0.460. The Bertz CT molecular complexity index is 427. The van der Waals surface area contributed by atoms with Crippen LogP contribution in [0, 0.1) is 5.41 Å². The van der Waals surface area contributed by atoms with Gasteiger partial charge in [0.1, 0.15) is 0 Å². The summed E-state index contributed by atoms with van der Waals surface area (Å²) < 4.78 is 23.0. The topological polar surface area (TPSA) is 75.3 Å². The summed E-state index contributed by atoms with van der Waals surface area (Å²) in [4.78, 5) is 11.9. The van der Waals surface area contributed by atoms with Crippen LogP contribution in [0.25, 0.3) is 0 Å². The second kappa shape index (κ2) is 5.79. The SMILES string of the molecule is CC1(CNC(=O)CC2CS(=O)(=O)CCN2)CCCC1. The molecule has 0 aromatic rings. The van der Waals surface area contributed by atoms with E-state index in [0.29, 0.717) is 13.1 Å². The lowest BCUT2D eigenvalue weighted by molar-refractivity contribution is -0.121. The summed E-state index contributed by atoms with van der Waals surface area (Å²) in [6.45, 7) is 3.38. The number of hydrogen-bond donors (Lipinski definition) is 2. The fraction of sp³-hybridized carbons (Fsp3) is 0.923. The number of rotatable bonds is 4. The van der Waals surface area contributed by atoms with Crippen molar-refractivity contribution in [2.24, 2.45) is 5.41 Å². The minimum atomic E-state index is -2.96. The third-order valence-electron chi connectivity index (χ3n) is 4.26. The van der Waals surface area contributed by atoms with Gasteiger partial charge < -0.3 is 10.6 Å². The molecule has 0 aromatic heterocycles. The van der Waals surface area contributed by atoms with Crippen molar-refractivity contribution in [3.8, 4) is 0 Å². The minimum Gasteiger partial charge on any atom is -0.356 e. The molecular formula is C13H24N2O3S. The first-order valence-corrected chi connectivity index (χ1v) is 8.91. The number of hydrogen-bond acceptors (Lipinski definition) is 4. The summed E-state index contributed by atoms with van der Waals surface area (Å²) in [7, 11) is -2.96. The van der Waals surface area contributed by atoms with Crippen molar-refractivity contribution >= 4 is 15.7 Å². The lowest BCUT2D eigenvalue weighted by atomic mass is 9.89. The van der Waals surface area contributed by atoms with Gasteiger partial charge in [-0.15, -0.1) is 0 Å². The van der Waals surface area contributed by atoms with E-state index >= 15 is 0 Å². The molecular weight excluding hydrogens is 264 g/mol. The fourth-order valence-electron chi connectivity index (χ4n) is 3.01. The first-order valence-electron chi connectivity index (χ1n) is 7.09. The highest BCUT2D eigenvalue weighted by atomic mass is 32.2. The summed E-state index contributed by atoms with van der Waals surface area (Å²) in [5, 5.41) is 6.07. The number of amides is 1.